The van der Waals surface area contributed by atoms with Crippen molar-refractivity contribution in [2.24, 2.45) is 5.92 Å². The molecule has 4 heteroatoms. The maximum absolute atomic E-state index is 12.5. The number of nitrogens with zero attached hydrogens (tertiary/aromatic N) is 2. The molecular formula is C14H17N3O. The largest absolute Gasteiger partial charge is 0.345 e. The van der Waals surface area contributed by atoms with Gasteiger partial charge >= 0.3 is 0 Å². The predicted octanol–water partition coefficient (Wildman–Crippen LogP) is 2.44. The topological polar surface area (TPSA) is 49.0 Å². The Morgan fingerprint density at radius 1 is 1.39 bits per heavy atom. The van der Waals surface area contributed by atoms with Crippen molar-refractivity contribution in [2.75, 3.05) is 13.1 Å². The van der Waals surface area contributed by atoms with Crippen LogP contribution in [-0.2, 0) is 0 Å². The van der Waals surface area contributed by atoms with Gasteiger partial charge in [0.05, 0.1) is 17.4 Å². The average molecular weight is 243 g/mol. The number of hydrogen-bond donors (Lipinski definition) is 1. The quantitative estimate of drug-likeness (QED) is 0.836. The lowest BCUT2D eigenvalue weighted by atomic mass is 9.98. The van der Waals surface area contributed by atoms with Gasteiger partial charge in [0.2, 0.25) is 0 Å². The van der Waals surface area contributed by atoms with E-state index in [-0.39, 0.29) is 5.91 Å². The molecule has 18 heavy (non-hydrogen) atoms. The first kappa shape index (κ1) is 11.3. The van der Waals surface area contributed by atoms with Crippen LogP contribution in [0.1, 0.15) is 30.1 Å². The third kappa shape index (κ3) is 1.88. The summed E-state index contributed by atoms with van der Waals surface area (Å²) >= 11 is 0. The third-order valence-electron chi connectivity index (χ3n) is 3.75. The minimum absolute atomic E-state index is 0.111. The Morgan fingerprint density at radius 3 is 2.94 bits per heavy atom. The molecule has 94 valence electrons. The second kappa shape index (κ2) is 4.44. The van der Waals surface area contributed by atoms with Crippen LogP contribution < -0.4 is 0 Å². The monoisotopic (exact) mass is 243 g/mol. The van der Waals surface area contributed by atoms with Crippen LogP contribution in [-0.4, -0.2) is 33.9 Å². The summed E-state index contributed by atoms with van der Waals surface area (Å²) in [5.74, 6) is 0.842. The minimum atomic E-state index is 0.111. The molecular weight excluding hydrogens is 226 g/mol. The van der Waals surface area contributed by atoms with E-state index in [2.05, 4.69) is 16.9 Å². The lowest BCUT2D eigenvalue weighted by molar-refractivity contribution is 0.0699. The summed E-state index contributed by atoms with van der Waals surface area (Å²) in [5.41, 5.74) is 2.41. The number of rotatable bonds is 1. The van der Waals surface area contributed by atoms with E-state index in [1.807, 2.05) is 23.1 Å². The van der Waals surface area contributed by atoms with Crippen LogP contribution in [0.4, 0.5) is 0 Å². The zero-order valence-electron chi connectivity index (χ0n) is 10.5. The molecule has 1 N–H and O–H groups in total. The zero-order chi connectivity index (χ0) is 12.5. The van der Waals surface area contributed by atoms with Gasteiger partial charge in [-0.05, 0) is 30.9 Å². The SMILES string of the molecule is CC1CCN(C(=O)c2cccc3[nH]cnc23)CC1. The Labute approximate surface area is 106 Å². The normalized spacial score (nSPS) is 17.3. The number of benzene rings is 1. The molecule has 0 unspecified atom stereocenters. The van der Waals surface area contributed by atoms with Crippen LogP contribution >= 0.6 is 0 Å². The Bertz CT molecular complexity index is 567. The number of nitrogens with one attached hydrogen (secondary N) is 1. The number of aromatic amines is 1. The Balaban J connectivity index is 1.90. The number of fused-ring (bicyclic) bond motifs is 1. The molecule has 0 radical (unpaired) electrons. The molecule has 1 saturated heterocycles. The molecule has 1 amide bonds. The number of hydrogen-bond acceptors (Lipinski definition) is 2. The molecule has 1 aromatic carbocycles. The van der Waals surface area contributed by atoms with Gasteiger partial charge in [-0.1, -0.05) is 13.0 Å². The first-order valence-electron chi connectivity index (χ1n) is 6.47. The number of likely N-dealkylation sites (tertiary alicyclic amines) is 1. The first-order chi connectivity index (χ1) is 8.75. The average Bonchev–Trinajstić information content (AvgIpc) is 2.87. The summed E-state index contributed by atoms with van der Waals surface area (Å²) < 4.78 is 0. The minimum Gasteiger partial charge on any atom is -0.345 e. The zero-order valence-corrected chi connectivity index (χ0v) is 10.5. The van der Waals surface area contributed by atoms with Gasteiger partial charge in [-0.2, -0.15) is 0 Å². The van der Waals surface area contributed by atoms with Crippen molar-refractivity contribution in [3.05, 3.63) is 30.1 Å². The molecule has 0 spiro atoms. The van der Waals surface area contributed by atoms with E-state index in [0.717, 1.165) is 42.9 Å². The Morgan fingerprint density at radius 2 is 2.17 bits per heavy atom. The van der Waals surface area contributed by atoms with E-state index >= 15 is 0 Å². The van der Waals surface area contributed by atoms with Gasteiger partial charge in [-0.3, -0.25) is 4.79 Å². The fourth-order valence-electron chi connectivity index (χ4n) is 2.52. The van der Waals surface area contributed by atoms with Crippen molar-refractivity contribution >= 4 is 16.9 Å². The molecule has 2 heterocycles. The van der Waals surface area contributed by atoms with Gasteiger partial charge in [0.25, 0.3) is 5.91 Å². The summed E-state index contributed by atoms with van der Waals surface area (Å²) in [7, 11) is 0. The number of piperidine rings is 1. The van der Waals surface area contributed by atoms with Gasteiger partial charge in [-0.25, -0.2) is 4.98 Å². The van der Waals surface area contributed by atoms with E-state index in [1.54, 1.807) is 6.33 Å². The van der Waals surface area contributed by atoms with Crippen LogP contribution in [0.25, 0.3) is 11.0 Å². The number of para-hydroxylation sites is 1. The molecule has 0 aliphatic carbocycles. The second-order valence-corrected chi connectivity index (χ2v) is 5.08. The Kier molecular flexibility index (Phi) is 2.78. The number of imidazole rings is 1. The van der Waals surface area contributed by atoms with E-state index in [1.165, 1.54) is 0 Å². The highest BCUT2D eigenvalue weighted by Crippen LogP contribution is 2.21. The van der Waals surface area contributed by atoms with Crippen LogP contribution in [0.15, 0.2) is 24.5 Å². The van der Waals surface area contributed by atoms with Crippen molar-refractivity contribution in [2.45, 2.75) is 19.8 Å². The van der Waals surface area contributed by atoms with Crippen molar-refractivity contribution < 1.29 is 4.79 Å². The molecule has 0 bridgehead atoms. The van der Waals surface area contributed by atoms with Crippen molar-refractivity contribution in [1.29, 1.82) is 0 Å². The Hall–Kier alpha value is -1.84. The molecule has 3 rings (SSSR count). The van der Waals surface area contributed by atoms with Crippen LogP contribution in [0, 0.1) is 5.92 Å². The third-order valence-corrected chi connectivity index (χ3v) is 3.75. The number of carbonyl (C=O) groups is 1. The highest BCUT2D eigenvalue weighted by molar-refractivity contribution is 6.04. The standard InChI is InChI=1S/C14H17N3O/c1-10-5-7-17(8-6-10)14(18)11-3-2-4-12-13(11)16-9-15-12/h2-4,9-10H,5-8H2,1H3,(H,15,16). The summed E-state index contributed by atoms with van der Waals surface area (Å²) in [6.07, 6.45) is 3.84. The molecule has 1 fully saturated rings. The number of carbonyl (C=O) groups excluding carboxylic acids is 1. The van der Waals surface area contributed by atoms with E-state index in [9.17, 15) is 4.79 Å². The molecule has 1 aliphatic heterocycles. The van der Waals surface area contributed by atoms with Gasteiger partial charge in [0.1, 0.15) is 5.52 Å². The smallest absolute Gasteiger partial charge is 0.256 e. The fourth-order valence-corrected chi connectivity index (χ4v) is 2.52. The number of H-pyrrole nitrogens is 1. The van der Waals surface area contributed by atoms with Gasteiger partial charge in [-0.15, -0.1) is 0 Å². The summed E-state index contributed by atoms with van der Waals surface area (Å²) in [6, 6.07) is 5.71. The van der Waals surface area contributed by atoms with Crippen LogP contribution in [0.5, 0.6) is 0 Å². The van der Waals surface area contributed by atoms with E-state index < -0.39 is 0 Å². The highest BCUT2D eigenvalue weighted by Gasteiger charge is 2.23. The molecule has 4 nitrogen and oxygen atoms in total. The van der Waals surface area contributed by atoms with Crippen LogP contribution in [0.2, 0.25) is 0 Å². The summed E-state index contributed by atoms with van der Waals surface area (Å²) in [4.78, 5) is 21.7. The van der Waals surface area contributed by atoms with Crippen molar-refractivity contribution in [1.82, 2.24) is 14.9 Å². The molecule has 0 atom stereocenters. The number of amides is 1. The lowest BCUT2D eigenvalue weighted by Crippen LogP contribution is -2.38. The maximum Gasteiger partial charge on any atom is 0.256 e. The maximum atomic E-state index is 12.5. The molecule has 1 aromatic heterocycles. The predicted molar refractivity (Wildman–Crippen MR) is 70.4 cm³/mol. The molecule has 2 aromatic rings. The van der Waals surface area contributed by atoms with Gasteiger partial charge in [0.15, 0.2) is 0 Å². The van der Waals surface area contributed by atoms with Crippen LogP contribution in [0.3, 0.4) is 0 Å². The second-order valence-electron chi connectivity index (χ2n) is 5.08. The highest BCUT2D eigenvalue weighted by atomic mass is 16.2. The van der Waals surface area contributed by atoms with E-state index in [0.29, 0.717) is 5.56 Å². The molecule has 1 aliphatic rings. The summed E-state index contributed by atoms with van der Waals surface area (Å²) in [6.45, 7) is 3.97. The molecule has 0 saturated carbocycles. The summed E-state index contributed by atoms with van der Waals surface area (Å²) in [5, 5.41) is 0. The number of aromatic nitrogens is 2. The lowest BCUT2D eigenvalue weighted by Gasteiger charge is -2.30. The van der Waals surface area contributed by atoms with Gasteiger partial charge < -0.3 is 9.88 Å². The van der Waals surface area contributed by atoms with Crippen molar-refractivity contribution in [3.8, 4) is 0 Å². The first-order valence-corrected chi connectivity index (χ1v) is 6.47. The van der Waals surface area contributed by atoms with Crippen molar-refractivity contribution in [3.63, 3.8) is 0 Å². The van der Waals surface area contributed by atoms with E-state index in [4.69, 9.17) is 0 Å². The van der Waals surface area contributed by atoms with Gasteiger partial charge in [0, 0.05) is 13.1 Å². The fraction of sp³-hybridized carbons (Fsp3) is 0.429.